The number of aryl methyl sites for hydroxylation is 1. The van der Waals surface area contributed by atoms with Crippen molar-refractivity contribution in [2.45, 2.75) is 81.7 Å². The van der Waals surface area contributed by atoms with Crippen LogP contribution in [0, 0.1) is 12.8 Å². The summed E-state index contributed by atoms with van der Waals surface area (Å²) in [4.78, 5) is 9.39. The molecule has 0 N–H and O–H groups in total. The number of hydrogen-bond donors (Lipinski definition) is 0. The summed E-state index contributed by atoms with van der Waals surface area (Å²) in [6, 6.07) is 10.4. The van der Waals surface area contributed by atoms with Gasteiger partial charge in [0.15, 0.2) is 5.03 Å². The van der Waals surface area contributed by atoms with Gasteiger partial charge in [0.1, 0.15) is 5.82 Å². The third kappa shape index (κ3) is 4.02. The number of benzene rings is 1. The van der Waals surface area contributed by atoms with Crippen LogP contribution in [0.1, 0.15) is 64.4 Å². The Balaban J connectivity index is 1.80. The zero-order valence-electron chi connectivity index (χ0n) is 18.4. The van der Waals surface area contributed by atoms with Gasteiger partial charge < -0.3 is 4.57 Å². The molecule has 0 saturated heterocycles. The molecule has 0 bridgehead atoms. The van der Waals surface area contributed by atoms with Crippen LogP contribution in [0.2, 0.25) is 0 Å². The van der Waals surface area contributed by atoms with Crippen molar-refractivity contribution in [3.63, 3.8) is 0 Å². The smallest absolute Gasteiger partial charge is 0.223 e. The second-order valence-electron chi connectivity index (χ2n) is 9.57. The molecule has 0 atom stereocenters. The van der Waals surface area contributed by atoms with Crippen molar-refractivity contribution in [1.29, 1.82) is 0 Å². The molecule has 1 aromatic carbocycles. The minimum Gasteiger partial charge on any atom is -0.327 e. The maximum Gasteiger partial charge on any atom is 0.223 e. The fraction of sp³-hybridized carbons (Fsp3) is 0.500. The van der Waals surface area contributed by atoms with Crippen LogP contribution in [-0.4, -0.2) is 23.0 Å². The summed E-state index contributed by atoms with van der Waals surface area (Å²) in [5, 5.41) is 0.0829. The Hall–Kier alpha value is -2.21. The standard InChI is InChI=1S/C24H31N3O2S/c1-17-9-8-12-22(25-17)30(28,29)19-13-14-21-20(15-19)26-23(24(2,3)4)27(21)16-18-10-6-5-7-11-18/h8-9,12-15,18H,5-7,10-11,16H2,1-4H3. The monoisotopic (exact) mass is 425 g/mol. The summed E-state index contributed by atoms with van der Waals surface area (Å²) >= 11 is 0. The van der Waals surface area contributed by atoms with E-state index < -0.39 is 9.84 Å². The maximum absolute atomic E-state index is 13.1. The summed E-state index contributed by atoms with van der Waals surface area (Å²) < 4.78 is 28.6. The highest BCUT2D eigenvalue weighted by Gasteiger charge is 2.27. The third-order valence-electron chi connectivity index (χ3n) is 6.00. The molecule has 0 unspecified atom stereocenters. The number of rotatable bonds is 4. The molecule has 30 heavy (non-hydrogen) atoms. The van der Waals surface area contributed by atoms with E-state index in [9.17, 15) is 8.42 Å². The van der Waals surface area contributed by atoms with Crippen molar-refractivity contribution < 1.29 is 8.42 Å². The minimum atomic E-state index is -3.68. The van der Waals surface area contributed by atoms with Crippen LogP contribution in [0.3, 0.4) is 0 Å². The van der Waals surface area contributed by atoms with E-state index in [1.54, 1.807) is 37.3 Å². The summed E-state index contributed by atoms with van der Waals surface area (Å²) in [5.74, 6) is 1.68. The average Bonchev–Trinajstić information content (AvgIpc) is 3.07. The molecule has 6 heteroatoms. The van der Waals surface area contributed by atoms with Gasteiger partial charge in [0.2, 0.25) is 9.84 Å². The Labute approximate surface area is 179 Å². The first kappa shape index (κ1) is 21.0. The van der Waals surface area contributed by atoms with E-state index in [0.29, 0.717) is 11.6 Å². The van der Waals surface area contributed by atoms with Crippen LogP contribution in [0.4, 0.5) is 0 Å². The fourth-order valence-corrected chi connectivity index (χ4v) is 5.73. The maximum atomic E-state index is 13.1. The SMILES string of the molecule is Cc1cccc(S(=O)(=O)c2ccc3c(c2)nc(C(C)(C)C)n3CC2CCCCC2)n1. The molecular formula is C24H31N3O2S. The van der Waals surface area contributed by atoms with Gasteiger partial charge in [-0.1, -0.05) is 46.1 Å². The highest BCUT2D eigenvalue weighted by atomic mass is 32.2. The van der Waals surface area contributed by atoms with Crippen LogP contribution in [-0.2, 0) is 21.8 Å². The molecule has 0 radical (unpaired) electrons. The minimum absolute atomic E-state index is 0.0829. The lowest BCUT2D eigenvalue weighted by atomic mass is 9.88. The van der Waals surface area contributed by atoms with Crippen molar-refractivity contribution >= 4 is 20.9 Å². The summed E-state index contributed by atoms with van der Waals surface area (Å²) in [5.41, 5.74) is 2.32. The van der Waals surface area contributed by atoms with E-state index in [2.05, 4.69) is 30.3 Å². The summed E-state index contributed by atoms with van der Waals surface area (Å²) in [7, 11) is -3.68. The predicted octanol–water partition coefficient (Wildman–Crippen LogP) is 5.45. The summed E-state index contributed by atoms with van der Waals surface area (Å²) in [6.07, 6.45) is 6.45. The van der Waals surface area contributed by atoms with Gasteiger partial charge in [0, 0.05) is 17.7 Å². The van der Waals surface area contributed by atoms with E-state index in [1.165, 1.54) is 32.1 Å². The normalized spacial score (nSPS) is 16.3. The van der Waals surface area contributed by atoms with Crippen molar-refractivity contribution in [3.8, 4) is 0 Å². The fourth-order valence-electron chi connectivity index (χ4n) is 4.45. The highest BCUT2D eigenvalue weighted by Crippen LogP contribution is 2.32. The van der Waals surface area contributed by atoms with Gasteiger partial charge in [-0.05, 0) is 56.0 Å². The van der Waals surface area contributed by atoms with E-state index in [0.717, 1.165) is 23.4 Å². The van der Waals surface area contributed by atoms with Crippen molar-refractivity contribution in [2.24, 2.45) is 5.92 Å². The number of sulfone groups is 1. The van der Waals surface area contributed by atoms with E-state index >= 15 is 0 Å². The Bertz CT molecular complexity index is 1170. The van der Waals surface area contributed by atoms with Gasteiger partial charge in [0.25, 0.3) is 0 Å². The Morgan fingerprint density at radius 2 is 1.77 bits per heavy atom. The molecule has 0 aliphatic heterocycles. The van der Waals surface area contributed by atoms with Crippen molar-refractivity contribution in [1.82, 2.24) is 14.5 Å². The van der Waals surface area contributed by atoms with Gasteiger partial charge in [-0.15, -0.1) is 0 Å². The molecule has 0 spiro atoms. The number of pyridine rings is 1. The first-order chi connectivity index (χ1) is 14.2. The molecule has 1 aliphatic carbocycles. The molecule has 0 amide bonds. The Morgan fingerprint density at radius 1 is 1.03 bits per heavy atom. The zero-order chi connectivity index (χ0) is 21.5. The molecule has 2 aromatic heterocycles. The van der Waals surface area contributed by atoms with Crippen LogP contribution < -0.4 is 0 Å². The Kier molecular flexibility index (Phi) is 5.47. The largest absolute Gasteiger partial charge is 0.327 e. The number of hydrogen-bond acceptors (Lipinski definition) is 4. The van der Waals surface area contributed by atoms with Crippen LogP contribution in [0.5, 0.6) is 0 Å². The number of nitrogens with zero attached hydrogens (tertiary/aromatic N) is 3. The average molecular weight is 426 g/mol. The molecule has 4 rings (SSSR count). The second-order valence-corrected chi connectivity index (χ2v) is 11.5. The predicted molar refractivity (Wildman–Crippen MR) is 119 cm³/mol. The van der Waals surface area contributed by atoms with Gasteiger partial charge in [-0.3, -0.25) is 0 Å². The summed E-state index contributed by atoms with van der Waals surface area (Å²) in [6.45, 7) is 9.25. The molecule has 3 aromatic rings. The molecule has 1 aliphatic rings. The van der Waals surface area contributed by atoms with Crippen molar-refractivity contribution in [2.75, 3.05) is 0 Å². The van der Waals surface area contributed by atoms with Crippen LogP contribution in [0.25, 0.3) is 11.0 Å². The lowest BCUT2D eigenvalue weighted by Crippen LogP contribution is -2.22. The molecule has 1 saturated carbocycles. The van der Waals surface area contributed by atoms with Gasteiger partial charge in [0.05, 0.1) is 15.9 Å². The highest BCUT2D eigenvalue weighted by molar-refractivity contribution is 7.91. The first-order valence-corrected chi connectivity index (χ1v) is 12.3. The zero-order valence-corrected chi connectivity index (χ0v) is 19.2. The van der Waals surface area contributed by atoms with E-state index in [4.69, 9.17) is 4.98 Å². The van der Waals surface area contributed by atoms with Gasteiger partial charge in [-0.2, -0.15) is 0 Å². The molecular weight excluding hydrogens is 394 g/mol. The lowest BCUT2D eigenvalue weighted by Gasteiger charge is -2.26. The third-order valence-corrected chi connectivity index (χ3v) is 7.66. The van der Waals surface area contributed by atoms with Gasteiger partial charge in [-0.25, -0.2) is 18.4 Å². The lowest BCUT2D eigenvalue weighted by molar-refractivity contribution is 0.313. The van der Waals surface area contributed by atoms with Crippen LogP contribution >= 0.6 is 0 Å². The number of imidazole rings is 1. The number of fused-ring (bicyclic) bond motifs is 1. The molecule has 5 nitrogen and oxygen atoms in total. The van der Waals surface area contributed by atoms with E-state index in [1.807, 2.05) is 6.07 Å². The molecule has 160 valence electrons. The first-order valence-electron chi connectivity index (χ1n) is 10.9. The molecule has 1 fully saturated rings. The van der Waals surface area contributed by atoms with Gasteiger partial charge >= 0.3 is 0 Å². The second kappa shape index (κ2) is 7.80. The van der Waals surface area contributed by atoms with Crippen molar-refractivity contribution in [3.05, 3.63) is 47.9 Å². The topological polar surface area (TPSA) is 64.8 Å². The Morgan fingerprint density at radius 3 is 2.43 bits per heavy atom. The van der Waals surface area contributed by atoms with Crippen LogP contribution in [0.15, 0.2) is 46.3 Å². The number of aromatic nitrogens is 3. The van der Waals surface area contributed by atoms with E-state index in [-0.39, 0.29) is 15.3 Å². The molecule has 2 heterocycles. The quantitative estimate of drug-likeness (QED) is 0.557.